The lowest BCUT2D eigenvalue weighted by Crippen LogP contribution is -2.98. The molecule has 0 fully saturated rings. The van der Waals surface area contributed by atoms with Gasteiger partial charge in [0.1, 0.15) is 6.33 Å². The van der Waals surface area contributed by atoms with Crippen molar-refractivity contribution in [2.24, 2.45) is 0 Å². The number of nitrogens with zero attached hydrogens (tertiary/aromatic N) is 2. The molecule has 1 atom stereocenters. The Bertz CT molecular complexity index is 171. The fourth-order valence-corrected chi connectivity index (χ4v) is 0.543. The van der Waals surface area contributed by atoms with Crippen LogP contribution in [0.2, 0.25) is 0 Å². The summed E-state index contributed by atoms with van der Waals surface area (Å²) in [5.41, 5.74) is 0. The molecule has 0 radical (unpaired) electrons. The van der Waals surface area contributed by atoms with Crippen molar-refractivity contribution in [1.29, 1.82) is 0 Å². The van der Waals surface area contributed by atoms with E-state index in [0.29, 0.717) is 0 Å². The molecule has 1 unspecified atom stereocenters. The molecule has 0 aromatic carbocycles. The highest BCUT2D eigenvalue weighted by atomic mass is 15.1. The first kappa shape index (κ1) is 6.16. The third kappa shape index (κ3) is 1.47. The topological polar surface area (TPSA) is 30.2 Å². The smallest absolute Gasteiger partial charge is 0.202 e. The third-order valence-electron chi connectivity index (χ3n) is 1.02. The van der Waals surface area contributed by atoms with Crippen LogP contribution in [0.5, 0.6) is 0 Å². The van der Waals surface area contributed by atoms with Crippen molar-refractivity contribution >= 4 is 5.82 Å². The Labute approximate surface area is 54.4 Å². The standard InChI is InChI=1S/C6H9N3/c1-9(2)6-3-4-7-5-8-6/h3-5,9H,1H2,2H3. The van der Waals surface area contributed by atoms with Crippen molar-refractivity contribution in [1.82, 2.24) is 9.97 Å². The molecule has 0 aliphatic carbocycles. The molecule has 3 heteroatoms. The van der Waals surface area contributed by atoms with Gasteiger partial charge in [-0.15, -0.1) is 7.05 Å². The van der Waals surface area contributed by atoms with Crippen LogP contribution in [-0.4, -0.2) is 17.0 Å². The third-order valence-corrected chi connectivity index (χ3v) is 1.02. The minimum Gasteiger partial charge on any atom is -0.421 e. The van der Waals surface area contributed by atoms with Crippen LogP contribution < -0.4 is 4.90 Å². The zero-order chi connectivity index (χ0) is 6.69. The molecular formula is C6H9N3. The van der Waals surface area contributed by atoms with Gasteiger partial charge in [-0.1, -0.05) is 0 Å². The average Bonchev–Trinajstić information content (AvgIpc) is 1.90. The van der Waals surface area contributed by atoms with Crippen molar-refractivity contribution in [2.45, 2.75) is 0 Å². The first-order chi connectivity index (χ1) is 4.30. The van der Waals surface area contributed by atoms with Crippen LogP contribution in [0.15, 0.2) is 18.6 Å². The molecule has 3 nitrogen and oxygen atoms in total. The van der Waals surface area contributed by atoms with Gasteiger partial charge in [0.25, 0.3) is 0 Å². The summed E-state index contributed by atoms with van der Waals surface area (Å²) in [5, 5.41) is 0. The van der Waals surface area contributed by atoms with Crippen LogP contribution in [0.4, 0.5) is 5.82 Å². The summed E-state index contributed by atoms with van der Waals surface area (Å²) in [6.07, 6.45) is 3.22. The lowest BCUT2D eigenvalue weighted by molar-refractivity contribution is -0.760. The minimum atomic E-state index is 0.907. The van der Waals surface area contributed by atoms with E-state index in [9.17, 15) is 0 Å². The molecule has 0 aliphatic heterocycles. The Morgan fingerprint density at radius 3 is 2.78 bits per heavy atom. The Hall–Kier alpha value is -0.960. The average molecular weight is 123 g/mol. The van der Waals surface area contributed by atoms with Crippen LogP contribution in [-0.2, 0) is 0 Å². The summed E-state index contributed by atoms with van der Waals surface area (Å²) >= 11 is 0. The predicted molar refractivity (Wildman–Crippen MR) is 33.9 cm³/mol. The van der Waals surface area contributed by atoms with Gasteiger partial charge < -0.3 is 4.90 Å². The Morgan fingerprint density at radius 2 is 2.44 bits per heavy atom. The number of nitrogens with one attached hydrogen (secondary N) is 1. The highest BCUT2D eigenvalue weighted by molar-refractivity contribution is 5.12. The van der Waals surface area contributed by atoms with Crippen molar-refractivity contribution < 1.29 is 4.90 Å². The van der Waals surface area contributed by atoms with Crippen molar-refractivity contribution in [3.05, 3.63) is 25.6 Å². The fraction of sp³-hybridized carbons (Fsp3) is 0.167. The molecule has 0 amide bonds. The number of aromatic nitrogens is 2. The van der Waals surface area contributed by atoms with Crippen LogP contribution in [0.3, 0.4) is 0 Å². The van der Waals surface area contributed by atoms with Gasteiger partial charge in [0.15, 0.2) is 0 Å². The summed E-state index contributed by atoms with van der Waals surface area (Å²) in [5.74, 6) is 0.907. The summed E-state index contributed by atoms with van der Waals surface area (Å²) < 4.78 is 0. The van der Waals surface area contributed by atoms with E-state index in [0.717, 1.165) is 10.7 Å². The maximum absolute atomic E-state index is 3.97. The number of rotatable bonds is 1. The normalized spacial score (nSPS) is 13.1. The second-order valence-electron chi connectivity index (χ2n) is 1.87. The van der Waals surface area contributed by atoms with Gasteiger partial charge in [0.05, 0.1) is 0 Å². The van der Waals surface area contributed by atoms with Gasteiger partial charge in [0, 0.05) is 19.3 Å². The summed E-state index contributed by atoms with van der Waals surface area (Å²) in [7, 11) is 5.65. The number of hydrogen-bond donors (Lipinski definition) is 1. The SMILES string of the molecule is [CH2-][NH+](C)c1ccncn1. The van der Waals surface area contributed by atoms with Crippen molar-refractivity contribution in [2.75, 3.05) is 7.05 Å². The molecule has 48 valence electrons. The monoisotopic (exact) mass is 123 g/mol. The zero-order valence-corrected chi connectivity index (χ0v) is 5.33. The minimum absolute atomic E-state index is 0.907. The molecule has 1 N–H and O–H groups in total. The van der Waals surface area contributed by atoms with Gasteiger partial charge in [-0.3, -0.25) is 0 Å². The molecule has 0 saturated carbocycles. The van der Waals surface area contributed by atoms with Gasteiger partial charge in [-0.2, -0.15) is 4.98 Å². The summed E-state index contributed by atoms with van der Waals surface area (Å²) in [6.45, 7) is 0. The van der Waals surface area contributed by atoms with E-state index in [4.69, 9.17) is 0 Å². The van der Waals surface area contributed by atoms with E-state index in [1.807, 2.05) is 13.1 Å². The highest BCUT2D eigenvalue weighted by Gasteiger charge is 1.91. The lowest BCUT2D eigenvalue weighted by Gasteiger charge is -2.09. The van der Waals surface area contributed by atoms with Crippen molar-refractivity contribution in [3.63, 3.8) is 0 Å². The Kier molecular flexibility index (Phi) is 1.75. The van der Waals surface area contributed by atoms with Crippen LogP contribution in [0.1, 0.15) is 0 Å². The predicted octanol–water partition coefficient (Wildman–Crippen LogP) is -0.586. The second-order valence-corrected chi connectivity index (χ2v) is 1.87. The van der Waals surface area contributed by atoms with E-state index >= 15 is 0 Å². The van der Waals surface area contributed by atoms with Crippen LogP contribution in [0, 0.1) is 7.05 Å². The molecule has 1 heterocycles. The largest absolute Gasteiger partial charge is 0.421 e. The van der Waals surface area contributed by atoms with Gasteiger partial charge in [-0.25, -0.2) is 4.98 Å². The summed E-state index contributed by atoms with van der Waals surface area (Å²) in [4.78, 5) is 8.71. The van der Waals surface area contributed by atoms with Crippen LogP contribution >= 0.6 is 0 Å². The highest BCUT2D eigenvalue weighted by Crippen LogP contribution is 1.86. The lowest BCUT2D eigenvalue weighted by atomic mass is 10.5. The fourth-order valence-electron chi connectivity index (χ4n) is 0.543. The maximum Gasteiger partial charge on any atom is 0.202 e. The molecular weight excluding hydrogens is 114 g/mol. The summed E-state index contributed by atoms with van der Waals surface area (Å²) in [6, 6.07) is 1.84. The Balaban J connectivity index is 2.85. The van der Waals surface area contributed by atoms with E-state index < -0.39 is 0 Å². The molecule has 0 aliphatic rings. The molecule has 1 aromatic rings. The van der Waals surface area contributed by atoms with Gasteiger partial charge in [0.2, 0.25) is 5.82 Å². The number of hydrogen-bond acceptors (Lipinski definition) is 2. The molecule has 0 saturated heterocycles. The zero-order valence-electron chi connectivity index (χ0n) is 5.33. The molecule has 0 bridgehead atoms. The van der Waals surface area contributed by atoms with Crippen LogP contribution in [0.25, 0.3) is 0 Å². The second kappa shape index (κ2) is 2.55. The molecule has 0 spiro atoms. The first-order valence-corrected chi connectivity index (χ1v) is 2.72. The molecule has 1 rings (SSSR count). The quantitative estimate of drug-likeness (QED) is 0.506. The van der Waals surface area contributed by atoms with E-state index in [1.165, 1.54) is 6.33 Å². The maximum atomic E-state index is 3.97. The van der Waals surface area contributed by atoms with Crippen molar-refractivity contribution in [3.8, 4) is 0 Å². The number of quaternary nitrogens is 1. The van der Waals surface area contributed by atoms with E-state index in [1.54, 1.807) is 6.20 Å². The van der Waals surface area contributed by atoms with Gasteiger partial charge >= 0.3 is 0 Å². The molecule has 1 aromatic heterocycles. The van der Waals surface area contributed by atoms with E-state index in [-0.39, 0.29) is 0 Å². The van der Waals surface area contributed by atoms with E-state index in [2.05, 4.69) is 17.0 Å². The first-order valence-electron chi connectivity index (χ1n) is 2.72. The molecule has 9 heavy (non-hydrogen) atoms. The van der Waals surface area contributed by atoms with Gasteiger partial charge in [-0.05, 0) is 0 Å². The Morgan fingerprint density at radius 1 is 1.67 bits per heavy atom.